The van der Waals surface area contributed by atoms with Crippen LogP contribution in [0.1, 0.15) is 25.5 Å². The molecule has 0 aliphatic carbocycles. The minimum Gasteiger partial charge on any atom is -0.390 e. The largest absolute Gasteiger partial charge is 0.390 e. The van der Waals surface area contributed by atoms with Gasteiger partial charge in [0.05, 0.1) is 24.7 Å². The smallest absolute Gasteiger partial charge is 0.128 e. The maximum Gasteiger partial charge on any atom is 0.128 e. The molecule has 6 heteroatoms. The summed E-state index contributed by atoms with van der Waals surface area (Å²) in [5.74, 6) is 1.83. The second-order valence-corrected chi connectivity index (χ2v) is 5.36. The van der Waals surface area contributed by atoms with E-state index in [0.717, 1.165) is 30.5 Å². The molecule has 20 heavy (non-hydrogen) atoms. The summed E-state index contributed by atoms with van der Waals surface area (Å²) in [6.45, 7) is 4.35. The number of anilines is 1. The van der Waals surface area contributed by atoms with E-state index in [1.807, 2.05) is 12.1 Å². The monoisotopic (exact) mass is 273 g/mol. The lowest BCUT2D eigenvalue weighted by Crippen LogP contribution is -2.33. The van der Waals surface area contributed by atoms with E-state index in [-0.39, 0.29) is 6.61 Å². The molecular formula is C14H19N5O. The molecule has 1 saturated heterocycles. The number of piperidine rings is 1. The summed E-state index contributed by atoms with van der Waals surface area (Å²) in [7, 11) is 0. The molecule has 1 N–H and O–H groups in total. The molecule has 3 heterocycles. The topological polar surface area (TPSA) is 67.1 Å². The molecule has 1 aliphatic rings. The van der Waals surface area contributed by atoms with Crippen LogP contribution in [0.4, 0.5) is 5.82 Å². The fraction of sp³-hybridized carbons (Fsp3) is 0.500. The zero-order valence-corrected chi connectivity index (χ0v) is 11.6. The van der Waals surface area contributed by atoms with Crippen molar-refractivity contribution >= 4 is 5.82 Å². The summed E-state index contributed by atoms with van der Waals surface area (Å²) in [5, 5.41) is 16.8. The molecule has 3 rings (SSSR count). The molecule has 0 unspecified atom stereocenters. The standard InChI is InChI=1S/C14H19N5O/c1-11-4-6-18(7-5-11)14-3-2-13(8-15-14)19-9-12(10-20)16-17-19/h2-3,8-9,11,20H,4-7,10H2,1H3. The lowest BCUT2D eigenvalue weighted by molar-refractivity contribution is 0.276. The minimum atomic E-state index is -0.0997. The van der Waals surface area contributed by atoms with Crippen molar-refractivity contribution in [2.75, 3.05) is 18.0 Å². The Labute approximate surface area is 118 Å². The molecule has 106 valence electrons. The van der Waals surface area contributed by atoms with Gasteiger partial charge in [-0.25, -0.2) is 9.67 Å². The summed E-state index contributed by atoms with van der Waals surface area (Å²) in [6.07, 6.45) is 5.96. The molecule has 0 amide bonds. The predicted octanol–water partition coefficient (Wildman–Crippen LogP) is 1.39. The van der Waals surface area contributed by atoms with Crippen molar-refractivity contribution in [3.63, 3.8) is 0 Å². The normalized spacial score (nSPS) is 16.6. The Hall–Kier alpha value is -1.95. The van der Waals surface area contributed by atoms with Gasteiger partial charge in [0.25, 0.3) is 0 Å². The summed E-state index contributed by atoms with van der Waals surface area (Å²) >= 11 is 0. The van der Waals surface area contributed by atoms with Gasteiger partial charge in [-0.1, -0.05) is 12.1 Å². The SMILES string of the molecule is CC1CCN(c2ccc(-n3cc(CO)nn3)cn2)CC1. The highest BCUT2D eigenvalue weighted by molar-refractivity contribution is 5.43. The summed E-state index contributed by atoms with van der Waals surface area (Å²) in [4.78, 5) is 6.84. The van der Waals surface area contributed by atoms with Crippen molar-refractivity contribution in [1.29, 1.82) is 0 Å². The Morgan fingerprint density at radius 3 is 2.70 bits per heavy atom. The Balaban J connectivity index is 1.74. The predicted molar refractivity (Wildman–Crippen MR) is 75.7 cm³/mol. The first-order valence-electron chi connectivity index (χ1n) is 6.99. The van der Waals surface area contributed by atoms with Crippen LogP contribution in [0.5, 0.6) is 0 Å². The average molecular weight is 273 g/mol. The van der Waals surface area contributed by atoms with E-state index in [1.165, 1.54) is 12.8 Å². The first-order chi connectivity index (χ1) is 9.76. The lowest BCUT2D eigenvalue weighted by Gasteiger charge is -2.31. The van der Waals surface area contributed by atoms with E-state index in [4.69, 9.17) is 5.11 Å². The number of aromatic nitrogens is 4. The first kappa shape index (κ1) is 13.1. The van der Waals surface area contributed by atoms with E-state index in [2.05, 4.69) is 27.1 Å². The fourth-order valence-electron chi connectivity index (χ4n) is 2.44. The summed E-state index contributed by atoms with van der Waals surface area (Å²) in [5.41, 5.74) is 1.41. The van der Waals surface area contributed by atoms with Crippen LogP contribution in [0.2, 0.25) is 0 Å². The van der Waals surface area contributed by atoms with Crippen LogP contribution < -0.4 is 4.90 Å². The third kappa shape index (κ3) is 2.65. The summed E-state index contributed by atoms with van der Waals surface area (Å²) < 4.78 is 1.63. The van der Waals surface area contributed by atoms with Crippen LogP contribution in [0, 0.1) is 5.92 Å². The van der Waals surface area contributed by atoms with E-state index >= 15 is 0 Å². The molecule has 1 aliphatic heterocycles. The number of rotatable bonds is 3. The molecule has 0 atom stereocenters. The van der Waals surface area contributed by atoms with Crippen LogP contribution >= 0.6 is 0 Å². The molecule has 0 bridgehead atoms. The zero-order valence-electron chi connectivity index (χ0n) is 11.6. The van der Waals surface area contributed by atoms with Crippen LogP contribution in [-0.2, 0) is 6.61 Å². The molecule has 0 spiro atoms. The zero-order chi connectivity index (χ0) is 13.9. The van der Waals surface area contributed by atoms with E-state index < -0.39 is 0 Å². The quantitative estimate of drug-likeness (QED) is 0.915. The van der Waals surface area contributed by atoms with Gasteiger partial charge in [0.2, 0.25) is 0 Å². The molecule has 1 fully saturated rings. The van der Waals surface area contributed by atoms with Crippen LogP contribution in [0.3, 0.4) is 0 Å². The van der Waals surface area contributed by atoms with Crippen molar-refractivity contribution in [2.24, 2.45) is 5.92 Å². The van der Waals surface area contributed by atoms with Gasteiger partial charge in [-0.15, -0.1) is 5.10 Å². The average Bonchev–Trinajstić information content (AvgIpc) is 2.97. The van der Waals surface area contributed by atoms with Gasteiger partial charge in [0.1, 0.15) is 11.5 Å². The number of aliphatic hydroxyl groups is 1. The number of hydrogen-bond donors (Lipinski definition) is 1. The maximum absolute atomic E-state index is 9.00. The van der Waals surface area contributed by atoms with Gasteiger partial charge < -0.3 is 10.0 Å². The molecule has 2 aromatic heterocycles. The van der Waals surface area contributed by atoms with Gasteiger partial charge in [0.15, 0.2) is 0 Å². The van der Waals surface area contributed by atoms with Crippen molar-refractivity contribution < 1.29 is 5.11 Å². The highest BCUT2D eigenvalue weighted by Crippen LogP contribution is 2.21. The Kier molecular flexibility index (Phi) is 3.64. The van der Waals surface area contributed by atoms with Gasteiger partial charge >= 0.3 is 0 Å². The van der Waals surface area contributed by atoms with Gasteiger partial charge in [-0.3, -0.25) is 0 Å². The van der Waals surface area contributed by atoms with Crippen LogP contribution in [0.15, 0.2) is 24.5 Å². The fourth-order valence-corrected chi connectivity index (χ4v) is 2.44. The highest BCUT2D eigenvalue weighted by atomic mass is 16.3. The Bertz CT molecular complexity index is 557. The number of hydrogen-bond acceptors (Lipinski definition) is 5. The molecule has 2 aromatic rings. The second-order valence-electron chi connectivity index (χ2n) is 5.36. The van der Waals surface area contributed by atoms with Gasteiger partial charge in [-0.05, 0) is 30.9 Å². The van der Waals surface area contributed by atoms with Crippen molar-refractivity contribution in [3.05, 3.63) is 30.2 Å². The van der Waals surface area contributed by atoms with Crippen molar-refractivity contribution in [1.82, 2.24) is 20.0 Å². The van der Waals surface area contributed by atoms with Crippen LogP contribution in [-0.4, -0.2) is 38.2 Å². The third-order valence-electron chi connectivity index (χ3n) is 3.81. The second kappa shape index (κ2) is 5.58. The molecule has 6 nitrogen and oxygen atoms in total. The molecule has 0 aromatic carbocycles. The highest BCUT2D eigenvalue weighted by Gasteiger charge is 2.16. The number of aliphatic hydroxyl groups excluding tert-OH is 1. The molecular weight excluding hydrogens is 254 g/mol. The molecule has 0 radical (unpaired) electrons. The van der Waals surface area contributed by atoms with Crippen molar-refractivity contribution in [2.45, 2.75) is 26.4 Å². The minimum absolute atomic E-state index is 0.0997. The van der Waals surface area contributed by atoms with Crippen molar-refractivity contribution in [3.8, 4) is 5.69 Å². The number of pyridine rings is 1. The van der Waals surface area contributed by atoms with Gasteiger partial charge in [0, 0.05) is 13.1 Å². The molecule has 0 saturated carbocycles. The number of nitrogens with zero attached hydrogens (tertiary/aromatic N) is 5. The lowest BCUT2D eigenvalue weighted by atomic mass is 9.99. The summed E-state index contributed by atoms with van der Waals surface area (Å²) in [6, 6.07) is 4.00. The van der Waals surface area contributed by atoms with Gasteiger partial charge in [-0.2, -0.15) is 0 Å². The maximum atomic E-state index is 9.00. The van der Waals surface area contributed by atoms with E-state index in [0.29, 0.717) is 5.69 Å². The van der Waals surface area contributed by atoms with E-state index in [1.54, 1.807) is 17.1 Å². The first-order valence-corrected chi connectivity index (χ1v) is 6.99. The van der Waals surface area contributed by atoms with Crippen LogP contribution in [0.25, 0.3) is 5.69 Å². The van der Waals surface area contributed by atoms with E-state index in [9.17, 15) is 0 Å². The Morgan fingerprint density at radius 2 is 2.10 bits per heavy atom. The Morgan fingerprint density at radius 1 is 1.30 bits per heavy atom. The third-order valence-corrected chi connectivity index (χ3v) is 3.81.